The van der Waals surface area contributed by atoms with Crippen molar-refractivity contribution in [1.29, 1.82) is 0 Å². The van der Waals surface area contributed by atoms with E-state index in [0.717, 1.165) is 12.8 Å². The average molecular weight is 294 g/mol. The summed E-state index contributed by atoms with van der Waals surface area (Å²) >= 11 is 0. The summed E-state index contributed by atoms with van der Waals surface area (Å²) in [6, 6.07) is -1.27. The van der Waals surface area contributed by atoms with Crippen molar-refractivity contribution in [2.24, 2.45) is 0 Å². The lowest BCUT2D eigenvalue weighted by Crippen LogP contribution is -2.50. The maximum absolute atomic E-state index is 12.0. The van der Waals surface area contributed by atoms with E-state index in [1.807, 2.05) is 0 Å². The highest BCUT2D eigenvalue weighted by molar-refractivity contribution is 7.87. The Morgan fingerprint density at radius 2 is 1.89 bits per heavy atom. The molecule has 1 fully saturated rings. The number of hydrogen-bond acceptors (Lipinski definition) is 4. The predicted octanol–water partition coefficient (Wildman–Crippen LogP) is 0.185. The van der Waals surface area contributed by atoms with Crippen LogP contribution in [0.5, 0.6) is 0 Å². The lowest BCUT2D eigenvalue weighted by Gasteiger charge is -2.24. The summed E-state index contributed by atoms with van der Waals surface area (Å²) in [7, 11) is -3.75. The largest absolute Gasteiger partial charge is 0.480 e. The Labute approximate surface area is 114 Å². The molecule has 0 aromatic rings. The third kappa shape index (κ3) is 5.43. The Kier molecular flexibility index (Phi) is 5.31. The summed E-state index contributed by atoms with van der Waals surface area (Å²) in [5, 5.41) is 9.05. The van der Waals surface area contributed by atoms with Crippen LogP contribution in [0.1, 0.15) is 33.6 Å². The van der Waals surface area contributed by atoms with Crippen molar-refractivity contribution in [2.45, 2.75) is 45.3 Å². The SMILES string of the molecule is CC(C)(C)OC[C@H](NS(=O)(=O)N1CCCC1)C(=O)O. The fraction of sp³-hybridized carbons (Fsp3) is 0.909. The molecule has 1 aliphatic heterocycles. The number of carboxylic acids is 1. The first-order valence-corrected chi connectivity index (χ1v) is 7.70. The van der Waals surface area contributed by atoms with Gasteiger partial charge < -0.3 is 9.84 Å². The summed E-state index contributed by atoms with van der Waals surface area (Å²) in [4.78, 5) is 11.1. The van der Waals surface area contributed by atoms with Crippen molar-refractivity contribution >= 4 is 16.2 Å². The summed E-state index contributed by atoms with van der Waals surface area (Å²) in [6.45, 7) is 6.00. The number of carbonyl (C=O) groups is 1. The minimum Gasteiger partial charge on any atom is -0.480 e. The Hall–Kier alpha value is -0.700. The molecule has 0 radical (unpaired) electrons. The van der Waals surface area contributed by atoms with E-state index in [4.69, 9.17) is 9.84 Å². The van der Waals surface area contributed by atoms with E-state index in [-0.39, 0.29) is 6.61 Å². The third-order valence-corrected chi connectivity index (χ3v) is 4.30. The minimum absolute atomic E-state index is 0.202. The third-order valence-electron chi connectivity index (χ3n) is 2.68. The van der Waals surface area contributed by atoms with E-state index in [2.05, 4.69) is 4.72 Å². The van der Waals surface area contributed by atoms with E-state index in [1.54, 1.807) is 20.8 Å². The number of nitrogens with one attached hydrogen (secondary N) is 1. The van der Waals surface area contributed by atoms with Crippen LogP contribution in [0.2, 0.25) is 0 Å². The molecule has 0 bridgehead atoms. The number of rotatable bonds is 6. The normalized spacial score (nSPS) is 19.5. The molecule has 0 unspecified atom stereocenters. The Bertz CT molecular complexity index is 409. The number of aliphatic carboxylic acids is 1. The molecule has 19 heavy (non-hydrogen) atoms. The maximum Gasteiger partial charge on any atom is 0.324 e. The highest BCUT2D eigenvalue weighted by atomic mass is 32.2. The van der Waals surface area contributed by atoms with Crippen LogP contribution in [0, 0.1) is 0 Å². The smallest absolute Gasteiger partial charge is 0.324 e. The van der Waals surface area contributed by atoms with Gasteiger partial charge >= 0.3 is 5.97 Å². The zero-order valence-corrected chi connectivity index (χ0v) is 12.4. The van der Waals surface area contributed by atoms with Gasteiger partial charge in [-0.2, -0.15) is 17.4 Å². The Balaban J connectivity index is 2.65. The van der Waals surface area contributed by atoms with E-state index in [0.29, 0.717) is 13.1 Å². The fourth-order valence-corrected chi connectivity index (χ4v) is 3.09. The second-order valence-corrected chi connectivity index (χ2v) is 7.25. The first kappa shape index (κ1) is 16.4. The van der Waals surface area contributed by atoms with Gasteiger partial charge in [-0.05, 0) is 33.6 Å². The van der Waals surface area contributed by atoms with Gasteiger partial charge in [0.1, 0.15) is 6.04 Å². The Morgan fingerprint density at radius 1 is 1.37 bits per heavy atom. The van der Waals surface area contributed by atoms with Gasteiger partial charge in [0.15, 0.2) is 0 Å². The number of ether oxygens (including phenoxy) is 1. The van der Waals surface area contributed by atoms with Crippen LogP contribution in [0.4, 0.5) is 0 Å². The van der Waals surface area contributed by atoms with Crippen LogP contribution in [0.3, 0.4) is 0 Å². The van der Waals surface area contributed by atoms with Crippen LogP contribution in [0.15, 0.2) is 0 Å². The number of carboxylic acid groups (broad SMARTS) is 1. The average Bonchev–Trinajstić information content (AvgIpc) is 2.76. The summed E-state index contributed by atoms with van der Waals surface area (Å²) in [5.41, 5.74) is -0.521. The molecule has 112 valence electrons. The van der Waals surface area contributed by atoms with Crippen molar-refractivity contribution < 1.29 is 23.1 Å². The van der Waals surface area contributed by atoms with Gasteiger partial charge in [0.2, 0.25) is 0 Å². The second kappa shape index (κ2) is 6.17. The highest BCUT2D eigenvalue weighted by Crippen LogP contribution is 2.13. The highest BCUT2D eigenvalue weighted by Gasteiger charge is 2.31. The van der Waals surface area contributed by atoms with Gasteiger partial charge in [-0.25, -0.2) is 0 Å². The van der Waals surface area contributed by atoms with E-state index < -0.39 is 27.8 Å². The molecule has 1 saturated heterocycles. The van der Waals surface area contributed by atoms with Crippen LogP contribution in [0.25, 0.3) is 0 Å². The standard InChI is InChI=1S/C11H22N2O5S/c1-11(2,3)18-8-9(10(14)15)12-19(16,17)13-6-4-5-7-13/h9,12H,4-8H2,1-3H3,(H,14,15)/t9-/m0/s1. The van der Waals surface area contributed by atoms with Crippen molar-refractivity contribution in [3.63, 3.8) is 0 Å². The van der Waals surface area contributed by atoms with Gasteiger partial charge in [-0.3, -0.25) is 4.79 Å². The van der Waals surface area contributed by atoms with Gasteiger partial charge in [0.25, 0.3) is 10.2 Å². The molecule has 1 aliphatic rings. The monoisotopic (exact) mass is 294 g/mol. The van der Waals surface area contributed by atoms with Crippen LogP contribution in [-0.2, 0) is 19.7 Å². The van der Waals surface area contributed by atoms with Crippen molar-refractivity contribution in [3.05, 3.63) is 0 Å². The van der Waals surface area contributed by atoms with Crippen molar-refractivity contribution in [1.82, 2.24) is 9.03 Å². The van der Waals surface area contributed by atoms with Crippen LogP contribution < -0.4 is 4.72 Å². The molecule has 0 amide bonds. The molecule has 0 aliphatic carbocycles. The zero-order chi connectivity index (χ0) is 14.7. The number of nitrogens with zero attached hydrogens (tertiary/aromatic N) is 1. The summed E-state index contributed by atoms with van der Waals surface area (Å²) in [6.07, 6.45) is 1.61. The first-order chi connectivity index (χ1) is 8.62. The lowest BCUT2D eigenvalue weighted by atomic mass is 10.2. The second-order valence-electron chi connectivity index (χ2n) is 5.54. The quantitative estimate of drug-likeness (QED) is 0.729. The van der Waals surface area contributed by atoms with Crippen molar-refractivity contribution in [3.8, 4) is 0 Å². The summed E-state index contributed by atoms with van der Waals surface area (Å²) in [5.74, 6) is -1.24. The molecule has 0 aromatic carbocycles. The van der Waals surface area contributed by atoms with Gasteiger partial charge in [-0.15, -0.1) is 0 Å². The molecule has 0 spiro atoms. The molecule has 1 atom stereocenters. The van der Waals surface area contributed by atoms with Crippen LogP contribution >= 0.6 is 0 Å². The predicted molar refractivity (Wildman–Crippen MR) is 70.0 cm³/mol. The Morgan fingerprint density at radius 3 is 2.32 bits per heavy atom. The molecule has 0 aromatic heterocycles. The molecular weight excluding hydrogens is 272 g/mol. The maximum atomic E-state index is 12.0. The lowest BCUT2D eigenvalue weighted by molar-refractivity contribution is -0.142. The van der Waals surface area contributed by atoms with E-state index in [9.17, 15) is 13.2 Å². The number of hydrogen-bond donors (Lipinski definition) is 2. The first-order valence-electron chi connectivity index (χ1n) is 6.26. The van der Waals surface area contributed by atoms with E-state index in [1.165, 1.54) is 4.31 Å². The molecule has 8 heteroatoms. The molecule has 1 heterocycles. The molecule has 2 N–H and O–H groups in total. The van der Waals surface area contributed by atoms with Crippen molar-refractivity contribution in [2.75, 3.05) is 19.7 Å². The van der Waals surface area contributed by atoms with Crippen LogP contribution in [-0.4, -0.2) is 55.1 Å². The minimum atomic E-state index is -3.75. The molecular formula is C11H22N2O5S. The molecule has 7 nitrogen and oxygen atoms in total. The van der Waals surface area contributed by atoms with E-state index >= 15 is 0 Å². The summed E-state index contributed by atoms with van der Waals surface area (Å²) < 4.78 is 32.7. The van der Waals surface area contributed by atoms with Gasteiger partial charge in [-0.1, -0.05) is 0 Å². The molecule has 0 saturated carbocycles. The van der Waals surface area contributed by atoms with Gasteiger partial charge in [0, 0.05) is 13.1 Å². The zero-order valence-electron chi connectivity index (χ0n) is 11.5. The fourth-order valence-electron chi connectivity index (χ4n) is 1.67. The topological polar surface area (TPSA) is 95.9 Å². The molecule has 1 rings (SSSR count). The van der Waals surface area contributed by atoms with Gasteiger partial charge in [0.05, 0.1) is 12.2 Å².